The van der Waals surface area contributed by atoms with Gasteiger partial charge in [0.2, 0.25) is 0 Å². The van der Waals surface area contributed by atoms with E-state index in [9.17, 15) is 79.0 Å². The summed E-state index contributed by atoms with van der Waals surface area (Å²) in [5.74, 6) is -123. The first-order chi connectivity index (χ1) is 57.0. The van der Waals surface area contributed by atoms with E-state index in [0.29, 0.717) is 140 Å². The minimum Gasteiger partial charge on any atom is -0.465 e. The highest BCUT2D eigenvalue weighted by Gasteiger charge is 3.03. The molecule has 4 nitrogen and oxygen atoms in total. The van der Waals surface area contributed by atoms with E-state index in [2.05, 4.69) is 0 Å². The molecular weight excluding hydrogens is 1730 g/mol. The molecular formula is C85H12F34O4. The molecule has 0 atom stereocenters. The fourth-order valence-corrected chi connectivity index (χ4v) is 29.1. The average Bonchev–Trinajstić information content (AvgIpc) is 1.35. The van der Waals surface area contributed by atoms with Crippen LogP contribution in [0.4, 0.5) is 149 Å². The van der Waals surface area contributed by atoms with Gasteiger partial charge in [0.1, 0.15) is 0 Å². The lowest BCUT2D eigenvalue weighted by Crippen LogP contribution is -2.74. The van der Waals surface area contributed by atoms with Gasteiger partial charge < -0.3 is 9.47 Å². The fraction of sp³-hybridized carbons (Fsp3) is 0.294. The SMILES string of the molecule is O=C(OCCCC(F)(F)C(F)(F)C(F)(F)C(F)(F)C(F)(F)C(F)(F)C(F)(F)C(F)(F)F)C1(C(=O)OCCCC(F)(F)C(F)(F)C(F)(F)C(F)(F)C(F)(F)C(F)(F)C(F)(F)C(F)(F)F)C23c4c5c6c7c8c9c(c%10c%11c2c2c4c4c%12c5c5c6c6c8c8c%13c9c9c%10c%10c%11c%11c2c2c4c4c%12c%12c5c5c6c8c6c8c%13c9c9c%10c%10c%11c2c2c4c4c%12c5c6c5c8c9c%10c2c45)C713. The smallest absolute Gasteiger partial charge is 0.460 e. The third-order valence-corrected chi connectivity index (χ3v) is 32.3. The van der Waals surface area contributed by atoms with Crippen LogP contribution in [0.25, 0.3) is 291 Å². The zero-order chi connectivity index (χ0) is 85.8. The van der Waals surface area contributed by atoms with Crippen LogP contribution in [0.2, 0.25) is 0 Å². The molecule has 614 valence electrons. The van der Waals surface area contributed by atoms with E-state index in [1.165, 1.54) is 0 Å². The van der Waals surface area contributed by atoms with Gasteiger partial charge in [-0.1, -0.05) is 0 Å². The number of rotatable bonds is 22. The van der Waals surface area contributed by atoms with Crippen LogP contribution in [0.1, 0.15) is 47.9 Å². The highest BCUT2D eigenvalue weighted by atomic mass is 19.4. The average molecular weight is 1740 g/mol. The summed E-state index contributed by atoms with van der Waals surface area (Å²) < 4.78 is 514. The van der Waals surface area contributed by atoms with Gasteiger partial charge in [-0.2, -0.15) is 149 Å². The summed E-state index contributed by atoms with van der Waals surface area (Å²) in [6.45, 7) is -4.09. The maximum absolute atomic E-state index is 17.4. The van der Waals surface area contributed by atoms with Crippen LogP contribution in [0, 0.1) is 5.41 Å². The maximum Gasteiger partial charge on any atom is 0.460 e. The zero-order valence-corrected chi connectivity index (χ0v) is 58.2. The van der Waals surface area contributed by atoms with Crippen LogP contribution in [0.5, 0.6) is 0 Å². The second-order valence-corrected chi connectivity index (χ2v) is 35.8. The normalized spacial score (nSPS) is 18.9. The van der Waals surface area contributed by atoms with Crippen LogP contribution in [-0.4, -0.2) is 120 Å². The molecule has 38 heteroatoms. The Bertz CT molecular complexity index is 8730. The third-order valence-electron chi connectivity index (χ3n) is 32.3. The molecule has 0 N–H and O–H groups in total. The van der Waals surface area contributed by atoms with Crippen molar-refractivity contribution < 1.29 is 168 Å². The van der Waals surface area contributed by atoms with E-state index in [0.717, 1.165) is 151 Å². The first-order valence-electron chi connectivity index (χ1n) is 37.5. The predicted octanol–water partition coefficient (Wildman–Crippen LogP) is 28.0. The van der Waals surface area contributed by atoms with E-state index < -0.39 is 162 Å². The van der Waals surface area contributed by atoms with Gasteiger partial charge in [-0.3, -0.25) is 9.59 Å². The van der Waals surface area contributed by atoms with Crippen molar-refractivity contribution in [3.05, 3.63) is 22.3 Å². The molecule has 28 aromatic rings. The number of benzene rings is 18. The molecule has 123 heavy (non-hydrogen) atoms. The Morgan fingerprint density at radius 2 is 0.301 bits per heavy atom. The minimum absolute atomic E-state index is 0.0980. The van der Waals surface area contributed by atoms with E-state index in [-0.39, 0.29) is 22.3 Å². The third kappa shape index (κ3) is 4.66. The van der Waals surface area contributed by atoms with Gasteiger partial charge in [0.25, 0.3) is 0 Å². The van der Waals surface area contributed by atoms with E-state index in [1.807, 2.05) is 0 Å². The van der Waals surface area contributed by atoms with E-state index in [4.69, 9.17) is 9.47 Å². The van der Waals surface area contributed by atoms with Crippen molar-refractivity contribution in [2.24, 2.45) is 5.41 Å². The zero-order valence-electron chi connectivity index (χ0n) is 58.2. The second kappa shape index (κ2) is 15.9. The van der Waals surface area contributed by atoms with Crippen molar-refractivity contribution in [1.29, 1.82) is 0 Å². The Morgan fingerprint density at radius 3 is 0.439 bits per heavy atom. The summed E-state index contributed by atoms with van der Waals surface area (Å²) in [7, 11) is 0. The van der Waals surface area contributed by atoms with Crippen molar-refractivity contribution in [2.45, 2.75) is 132 Å². The van der Waals surface area contributed by atoms with Gasteiger partial charge in [0.05, 0.1) is 24.0 Å². The lowest BCUT2D eigenvalue weighted by molar-refractivity contribution is -0.461. The molecule has 0 saturated heterocycles. The summed E-state index contributed by atoms with van der Waals surface area (Å²) in [5.41, 5.74) is -8.37. The summed E-state index contributed by atoms with van der Waals surface area (Å²) in [5, 5.41) is 40.1. The van der Waals surface area contributed by atoms with Crippen LogP contribution < -0.4 is 0 Å². The Hall–Kier alpha value is -11.0. The highest BCUT2D eigenvalue weighted by Crippen LogP contribution is 2.97. The lowest BCUT2D eigenvalue weighted by atomic mass is 9.68. The highest BCUT2D eigenvalue weighted by molar-refractivity contribution is 6.82. The number of hydrogen-bond acceptors (Lipinski definition) is 4. The van der Waals surface area contributed by atoms with Crippen LogP contribution in [0.15, 0.2) is 0 Å². The summed E-state index contributed by atoms with van der Waals surface area (Å²) in [4.78, 5) is 34.9. The number of ether oxygens (including phenoxy) is 2. The monoisotopic (exact) mass is 1740 g/mol. The second-order valence-electron chi connectivity index (χ2n) is 35.8. The molecule has 2 spiro atoms. The molecule has 0 heterocycles. The van der Waals surface area contributed by atoms with Crippen LogP contribution in [-0.2, 0) is 29.9 Å². The Balaban J connectivity index is 0.647. The van der Waals surface area contributed by atoms with E-state index >= 15 is 79.8 Å². The molecule has 0 aromatic heterocycles. The molecule has 0 bridgehead atoms. The van der Waals surface area contributed by atoms with Crippen molar-refractivity contribution in [2.75, 3.05) is 13.2 Å². The first kappa shape index (κ1) is 67.5. The van der Waals surface area contributed by atoms with Gasteiger partial charge in [-0.25, -0.2) is 0 Å². The van der Waals surface area contributed by atoms with Gasteiger partial charge in [-0.05, 0) is 326 Å². The van der Waals surface area contributed by atoms with Crippen molar-refractivity contribution >= 4 is 303 Å². The quantitative estimate of drug-likeness (QED) is 0.0223. The Kier molecular flexibility index (Phi) is 8.71. The van der Waals surface area contributed by atoms with Gasteiger partial charge in [-0.15, -0.1) is 0 Å². The maximum atomic E-state index is 17.4. The van der Waals surface area contributed by atoms with Gasteiger partial charge in [0, 0.05) is 12.8 Å². The number of carbonyl (C=O) groups excluding carboxylic acids is 2. The molecule has 0 unspecified atom stereocenters. The number of hydrogen-bond donors (Lipinski definition) is 0. The van der Waals surface area contributed by atoms with E-state index in [1.54, 1.807) is 0 Å². The Labute approximate surface area is 641 Å². The largest absolute Gasteiger partial charge is 0.465 e. The number of halogens is 34. The molecule has 5 aliphatic carbocycles. The van der Waals surface area contributed by atoms with Crippen molar-refractivity contribution in [3.8, 4) is 0 Å². The minimum atomic E-state index is -9.03. The topological polar surface area (TPSA) is 52.6 Å². The number of carbonyl (C=O) groups is 2. The molecule has 0 aliphatic heterocycles. The molecule has 1 saturated carbocycles. The molecule has 5 aliphatic rings. The molecule has 1 fully saturated rings. The predicted molar refractivity (Wildman–Crippen MR) is 378 cm³/mol. The van der Waals surface area contributed by atoms with Crippen molar-refractivity contribution in [3.63, 3.8) is 0 Å². The van der Waals surface area contributed by atoms with Crippen molar-refractivity contribution in [1.82, 2.24) is 0 Å². The molecule has 0 radical (unpaired) electrons. The fourth-order valence-electron chi connectivity index (χ4n) is 29.1. The summed E-state index contributed by atoms with van der Waals surface area (Å²) in [6.07, 6.45) is -27.0. The van der Waals surface area contributed by atoms with Gasteiger partial charge in [0.15, 0.2) is 5.41 Å². The van der Waals surface area contributed by atoms with Crippen LogP contribution >= 0.6 is 0 Å². The summed E-state index contributed by atoms with van der Waals surface area (Å²) >= 11 is 0. The molecule has 0 amide bonds. The molecule has 33 rings (SSSR count). The molecule has 28 aromatic carbocycles. The summed E-state index contributed by atoms with van der Waals surface area (Å²) in [6, 6.07) is 0. The Morgan fingerprint density at radius 1 is 0.179 bits per heavy atom. The van der Waals surface area contributed by atoms with Crippen LogP contribution in [0.3, 0.4) is 0 Å². The number of esters is 2. The lowest BCUT2D eigenvalue weighted by Gasteiger charge is -2.42. The standard InChI is InChI=1S/C85H12F34O4/c86-67(87,72(90,91)74(94,95)76(98,99)78(102,103)80(106,107)82(110,111)84(114,115)116)3-1-5-122-65(120)71(66(121)123-6-2-4-68(88,89)73(92,93)75(96,97)77(100,101)79(104,105)81(108,109)83(112,113)85(117,118)119)69-61-53-45-35-25-17-9-7-8-11-15-13(9)21-29-23(15)33-27-19(11)20-12(8)16-14-10(7)18(17)26-32-22(14)30-24(16)34-28(20)38-37(27)47-41(33)51-43(29)49(39(45)31(21)25)57(61)59(51)63-55(47)56-48(38)42(34)52-44(30)50-40(32)46(36(26)35)54(53)62(69)58(50)60(52)64(56)70(63,69)71/h1-6H2. The number of alkyl halides is 34. The first-order valence-corrected chi connectivity index (χ1v) is 37.5. The van der Waals surface area contributed by atoms with Gasteiger partial charge >= 0.3 is 107 Å².